The first-order valence-electron chi connectivity index (χ1n) is 14.2. The topological polar surface area (TPSA) is 137 Å². The number of carbonyl (C=O) groups excluding carboxylic acids is 2. The van der Waals surface area contributed by atoms with Crippen LogP contribution < -0.4 is 15.5 Å². The number of halogens is 1. The van der Waals surface area contributed by atoms with Gasteiger partial charge in [-0.2, -0.15) is 5.10 Å². The predicted molar refractivity (Wildman–Crippen MR) is 162 cm³/mol. The number of fused-ring (bicyclic) bond motifs is 1. The monoisotopic (exact) mass is 587 g/mol. The second kappa shape index (κ2) is 12.2. The van der Waals surface area contributed by atoms with Gasteiger partial charge in [0.05, 0.1) is 35.5 Å². The average molecular weight is 588 g/mol. The van der Waals surface area contributed by atoms with Crippen molar-refractivity contribution in [2.75, 3.05) is 28.6 Å². The third kappa shape index (κ3) is 7.00. The van der Waals surface area contributed by atoms with Crippen molar-refractivity contribution < 1.29 is 29.0 Å². The Balaban J connectivity index is 1.48. The van der Waals surface area contributed by atoms with Gasteiger partial charge in [0.15, 0.2) is 5.69 Å². The van der Waals surface area contributed by atoms with E-state index in [4.69, 9.17) is 0 Å². The maximum absolute atomic E-state index is 13.8. The molecule has 0 unspecified atom stereocenters. The number of aromatic nitrogens is 2. The predicted octanol–water partition coefficient (Wildman–Crippen LogP) is 5.07. The van der Waals surface area contributed by atoms with E-state index >= 15 is 0 Å². The molecule has 5 rings (SSSR count). The van der Waals surface area contributed by atoms with E-state index in [1.807, 2.05) is 18.2 Å². The fraction of sp³-hybridized carbons (Fsp3) is 0.312. The Hall–Kier alpha value is -4.77. The molecule has 1 aliphatic rings. The number of rotatable bonds is 9. The molecule has 0 spiro atoms. The molecule has 11 heteroatoms. The number of nitrogens with one attached hydrogen (secondary N) is 2. The lowest BCUT2D eigenvalue weighted by Gasteiger charge is -2.30. The maximum Gasteiger partial charge on any atom is 0.307 e. The lowest BCUT2D eigenvalue weighted by molar-refractivity contribution is -0.136. The molecule has 0 atom stereocenters. The smallest absolute Gasteiger partial charge is 0.307 e. The highest BCUT2D eigenvalue weighted by molar-refractivity contribution is 6.13. The van der Waals surface area contributed by atoms with Crippen molar-refractivity contribution in [3.05, 3.63) is 83.3 Å². The molecule has 3 aromatic carbocycles. The number of carbonyl (C=O) groups is 3. The van der Waals surface area contributed by atoms with Gasteiger partial charge in [-0.15, -0.1) is 0 Å². The minimum Gasteiger partial charge on any atom is -0.481 e. The van der Waals surface area contributed by atoms with Crippen molar-refractivity contribution in [2.45, 2.75) is 51.7 Å². The Kier molecular flexibility index (Phi) is 8.45. The zero-order valence-corrected chi connectivity index (χ0v) is 24.1. The van der Waals surface area contributed by atoms with Crippen molar-refractivity contribution in [1.29, 1.82) is 0 Å². The van der Waals surface area contributed by atoms with E-state index in [1.165, 1.54) is 6.07 Å². The molecule has 2 heterocycles. The van der Waals surface area contributed by atoms with Crippen molar-refractivity contribution >= 4 is 45.7 Å². The Morgan fingerprint density at radius 1 is 0.930 bits per heavy atom. The summed E-state index contributed by atoms with van der Waals surface area (Å²) in [6.45, 7) is 5.11. The van der Waals surface area contributed by atoms with Gasteiger partial charge in [-0.05, 0) is 81.1 Å². The second-order valence-corrected chi connectivity index (χ2v) is 11.4. The summed E-state index contributed by atoms with van der Waals surface area (Å²) in [4.78, 5) is 40.5. The van der Waals surface area contributed by atoms with Crippen LogP contribution in [0.5, 0.6) is 0 Å². The van der Waals surface area contributed by atoms with Crippen LogP contribution in [0.3, 0.4) is 0 Å². The summed E-state index contributed by atoms with van der Waals surface area (Å²) in [6, 6.07) is 15.8. The molecular weight excluding hydrogens is 553 g/mol. The number of hydrogen-bond donors (Lipinski definition) is 4. The van der Waals surface area contributed by atoms with Crippen LogP contribution in [-0.2, 0) is 17.8 Å². The van der Waals surface area contributed by atoms with E-state index in [0.717, 1.165) is 50.2 Å². The number of piperidine rings is 1. The number of aliphatic carboxylic acids is 1. The normalized spacial score (nSPS) is 13.6. The van der Waals surface area contributed by atoms with Crippen LogP contribution in [0.15, 0.2) is 60.7 Å². The molecule has 1 aliphatic heterocycles. The van der Waals surface area contributed by atoms with Crippen LogP contribution in [0.4, 0.5) is 21.5 Å². The van der Waals surface area contributed by atoms with Crippen LogP contribution in [-0.4, -0.2) is 56.5 Å². The molecule has 4 aromatic rings. The standard InChI is InChI=1S/C32H34FN5O5/c1-32(2,43)19-38-26-9-5-4-8-23(26)29(36-38)31(42)35-25-17-20(10-13-27(25)37-14-6-3-7-15-37)30(41)34-24-12-11-22(33)16-21(24)18-28(39)40/h4-5,8-13,16-17,43H,3,6-7,14-15,18-19H2,1-2H3,(H,34,41)(H,35,42)(H,39,40). The number of benzene rings is 3. The van der Waals surface area contributed by atoms with Crippen LogP contribution >= 0.6 is 0 Å². The Morgan fingerprint density at radius 3 is 2.37 bits per heavy atom. The molecule has 0 bridgehead atoms. The van der Waals surface area contributed by atoms with Gasteiger partial charge in [-0.25, -0.2) is 4.39 Å². The molecule has 0 saturated carbocycles. The van der Waals surface area contributed by atoms with E-state index < -0.39 is 35.6 Å². The molecule has 0 aliphatic carbocycles. The van der Waals surface area contributed by atoms with Crippen LogP contribution in [0.25, 0.3) is 10.9 Å². The Morgan fingerprint density at radius 2 is 1.65 bits per heavy atom. The molecule has 0 radical (unpaired) electrons. The molecule has 43 heavy (non-hydrogen) atoms. The van der Waals surface area contributed by atoms with Gasteiger partial charge in [0.1, 0.15) is 5.82 Å². The van der Waals surface area contributed by atoms with Gasteiger partial charge in [0.2, 0.25) is 0 Å². The summed E-state index contributed by atoms with van der Waals surface area (Å²) in [5.74, 6) is -2.78. The molecular formula is C32H34FN5O5. The quantitative estimate of drug-likeness (QED) is 0.215. The minimum atomic E-state index is -1.16. The highest BCUT2D eigenvalue weighted by Crippen LogP contribution is 2.32. The number of aliphatic hydroxyl groups is 1. The SMILES string of the molecule is CC(C)(O)Cn1nc(C(=O)Nc2cc(C(=O)Nc3ccc(F)cc3CC(=O)O)ccc2N2CCCCC2)c2ccccc21. The zero-order chi connectivity index (χ0) is 30.7. The molecule has 1 fully saturated rings. The van der Waals surface area contributed by atoms with E-state index in [1.54, 1.807) is 42.8 Å². The number of anilines is 3. The Labute approximate surface area is 248 Å². The first-order chi connectivity index (χ1) is 20.5. The van der Waals surface area contributed by atoms with E-state index in [-0.39, 0.29) is 29.1 Å². The summed E-state index contributed by atoms with van der Waals surface area (Å²) >= 11 is 0. The van der Waals surface area contributed by atoms with Gasteiger partial charge in [-0.3, -0.25) is 19.1 Å². The van der Waals surface area contributed by atoms with Crippen molar-refractivity contribution in [3.63, 3.8) is 0 Å². The zero-order valence-electron chi connectivity index (χ0n) is 24.1. The van der Waals surface area contributed by atoms with Crippen LogP contribution in [0.2, 0.25) is 0 Å². The lowest BCUT2D eigenvalue weighted by Crippen LogP contribution is -2.30. The molecule has 10 nitrogen and oxygen atoms in total. The second-order valence-electron chi connectivity index (χ2n) is 11.4. The maximum atomic E-state index is 13.8. The van der Waals surface area contributed by atoms with Gasteiger partial charge in [0, 0.05) is 29.7 Å². The summed E-state index contributed by atoms with van der Waals surface area (Å²) in [6.07, 6.45) is 2.65. The minimum absolute atomic E-state index is 0.132. The van der Waals surface area contributed by atoms with E-state index in [9.17, 15) is 29.0 Å². The van der Waals surface area contributed by atoms with Gasteiger partial charge in [0.25, 0.3) is 11.8 Å². The lowest BCUT2D eigenvalue weighted by atomic mass is 10.1. The van der Waals surface area contributed by atoms with E-state index in [2.05, 4.69) is 20.6 Å². The van der Waals surface area contributed by atoms with Crippen molar-refractivity contribution in [2.24, 2.45) is 0 Å². The van der Waals surface area contributed by atoms with Crippen LogP contribution in [0.1, 0.15) is 59.5 Å². The third-order valence-electron chi connectivity index (χ3n) is 7.27. The average Bonchev–Trinajstić information content (AvgIpc) is 3.31. The number of nitrogens with zero attached hydrogens (tertiary/aromatic N) is 3. The van der Waals surface area contributed by atoms with Gasteiger partial charge in [-0.1, -0.05) is 18.2 Å². The first-order valence-corrected chi connectivity index (χ1v) is 14.2. The summed E-state index contributed by atoms with van der Waals surface area (Å²) < 4.78 is 15.4. The molecule has 224 valence electrons. The summed E-state index contributed by atoms with van der Waals surface area (Å²) in [7, 11) is 0. The van der Waals surface area contributed by atoms with E-state index in [0.29, 0.717) is 16.6 Å². The number of carboxylic acids is 1. The first kappa shape index (κ1) is 29.7. The fourth-order valence-electron chi connectivity index (χ4n) is 5.34. The fourth-order valence-corrected chi connectivity index (χ4v) is 5.34. The van der Waals surface area contributed by atoms with Gasteiger partial charge >= 0.3 is 5.97 Å². The number of carboxylic acid groups (broad SMARTS) is 1. The number of para-hydroxylation sites is 1. The number of amides is 2. The summed E-state index contributed by atoms with van der Waals surface area (Å²) in [5, 5.41) is 30.5. The summed E-state index contributed by atoms with van der Waals surface area (Å²) in [5.41, 5.74) is 1.55. The third-order valence-corrected chi connectivity index (χ3v) is 7.27. The van der Waals surface area contributed by atoms with Crippen molar-refractivity contribution in [3.8, 4) is 0 Å². The number of hydrogen-bond acceptors (Lipinski definition) is 6. The van der Waals surface area contributed by atoms with Gasteiger partial charge < -0.3 is 25.7 Å². The molecule has 4 N–H and O–H groups in total. The molecule has 1 aromatic heterocycles. The largest absolute Gasteiger partial charge is 0.481 e. The highest BCUT2D eigenvalue weighted by Gasteiger charge is 2.24. The molecule has 1 saturated heterocycles. The Bertz CT molecular complexity index is 1690. The molecule has 2 amide bonds. The highest BCUT2D eigenvalue weighted by atomic mass is 19.1. The van der Waals surface area contributed by atoms with Crippen LogP contribution in [0, 0.1) is 5.82 Å². The van der Waals surface area contributed by atoms with Crippen molar-refractivity contribution in [1.82, 2.24) is 9.78 Å².